The lowest BCUT2D eigenvalue weighted by atomic mass is 9.97. The fourth-order valence-electron chi connectivity index (χ4n) is 2.61. The minimum Gasteiger partial charge on any atom is -0.368 e. The Kier molecular flexibility index (Phi) is 6.65. The maximum atomic E-state index is 13.6. The highest BCUT2D eigenvalue weighted by atomic mass is 19.1. The molecule has 132 valence electrons. The summed E-state index contributed by atoms with van der Waals surface area (Å²) in [6, 6.07) is 14.2. The molecule has 0 saturated heterocycles. The number of halogens is 1. The van der Waals surface area contributed by atoms with Crippen LogP contribution in [-0.4, -0.2) is 24.9 Å². The molecule has 0 unspecified atom stereocenters. The molecular formula is C19H23FN3O2+. The number of nitrogens with two attached hydrogens (primary N) is 2. The SMILES string of the molecule is CCc1ccc([C@H]([NH2+]CC(=O)NCC(N)=O)c2cccc(F)c2)cc1. The Morgan fingerprint density at radius 2 is 1.88 bits per heavy atom. The van der Waals surface area contributed by atoms with E-state index in [2.05, 4.69) is 12.2 Å². The second-order valence-electron chi connectivity index (χ2n) is 5.81. The fourth-order valence-corrected chi connectivity index (χ4v) is 2.61. The van der Waals surface area contributed by atoms with Gasteiger partial charge in [-0.05, 0) is 24.1 Å². The number of carbonyl (C=O) groups excluding carboxylic acids is 2. The second-order valence-corrected chi connectivity index (χ2v) is 5.81. The molecule has 5 nitrogen and oxygen atoms in total. The molecule has 2 aromatic carbocycles. The molecule has 0 aliphatic rings. The van der Waals surface area contributed by atoms with Crippen LogP contribution in [0.2, 0.25) is 0 Å². The topological polar surface area (TPSA) is 88.8 Å². The van der Waals surface area contributed by atoms with Crippen LogP contribution in [0.3, 0.4) is 0 Å². The van der Waals surface area contributed by atoms with Crippen molar-refractivity contribution in [1.82, 2.24) is 5.32 Å². The quantitative estimate of drug-likeness (QED) is 0.656. The number of quaternary nitrogens is 1. The summed E-state index contributed by atoms with van der Waals surface area (Å²) >= 11 is 0. The number of benzene rings is 2. The number of aryl methyl sites for hydroxylation is 1. The van der Waals surface area contributed by atoms with Crippen molar-refractivity contribution in [3.05, 3.63) is 71.0 Å². The molecule has 6 heteroatoms. The van der Waals surface area contributed by atoms with E-state index in [0.717, 1.165) is 17.5 Å². The van der Waals surface area contributed by atoms with Gasteiger partial charge in [-0.1, -0.05) is 43.3 Å². The van der Waals surface area contributed by atoms with Crippen LogP contribution < -0.4 is 16.4 Å². The van der Waals surface area contributed by atoms with Crippen molar-refractivity contribution < 1.29 is 19.3 Å². The van der Waals surface area contributed by atoms with E-state index in [0.29, 0.717) is 0 Å². The standard InChI is InChI=1S/C19H22FN3O2/c1-2-13-6-8-14(9-7-13)19(15-4-3-5-16(20)10-15)23-12-18(25)22-11-17(21)24/h3-10,19,23H,2,11-12H2,1H3,(H2,21,24)(H,22,25)/p+1/t19-/m0/s1. The zero-order valence-electron chi connectivity index (χ0n) is 14.2. The summed E-state index contributed by atoms with van der Waals surface area (Å²) in [5.41, 5.74) is 7.97. The largest absolute Gasteiger partial charge is 0.368 e. The Balaban J connectivity index is 2.17. The van der Waals surface area contributed by atoms with Gasteiger partial charge in [0.1, 0.15) is 11.9 Å². The zero-order valence-corrected chi connectivity index (χ0v) is 14.2. The highest BCUT2D eigenvalue weighted by Gasteiger charge is 2.19. The van der Waals surface area contributed by atoms with Gasteiger partial charge in [0.15, 0.2) is 6.54 Å². The van der Waals surface area contributed by atoms with Gasteiger partial charge in [-0.2, -0.15) is 0 Å². The lowest BCUT2D eigenvalue weighted by Crippen LogP contribution is -2.87. The first kappa shape index (κ1) is 18.6. The van der Waals surface area contributed by atoms with Gasteiger partial charge in [-0.3, -0.25) is 9.59 Å². The van der Waals surface area contributed by atoms with Gasteiger partial charge in [0.05, 0.1) is 6.54 Å². The summed E-state index contributed by atoms with van der Waals surface area (Å²) in [6.45, 7) is 1.99. The van der Waals surface area contributed by atoms with E-state index in [1.54, 1.807) is 6.07 Å². The van der Waals surface area contributed by atoms with E-state index in [4.69, 9.17) is 5.73 Å². The van der Waals surface area contributed by atoms with E-state index < -0.39 is 5.91 Å². The molecule has 0 spiro atoms. The zero-order chi connectivity index (χ0) is 18.2. The number of nitrogens with one attached hydrogen (secondary N) is 1. The monoisotopic (exact) mass is 344 g/mol. The molecule has 25 heavy (non-hydrogen) atoms. The molecular weight excluding hydrogens is 321 g/mol. The van der Waals surface area contributed by atoms with Crippen LogP contribution in [0.25, 0.3) is 0 Å². The van der Waals surface area contributed by atoms with Crippen LogP contribution in [0.1, 0.15) is 29.7 Å². The van der Waals surface area contributed by atoms with Gasteiger partial charge in [0.2, 0.25) is 5.91 Å². The fraction of sp³-hybridized carbons (Fsp3) is 0.263. The van der Waals surface area contributed by atoms with Crippen LogP contribution in [-0.2, 0) is 16.0 Å². The van der Waals surface area contributed by atoms with Crippen molar-refractivity contribution >= 4 is 11.8 Å². The van der Waals surface area contributed by atoms with E-state index >= 15 is 0 Å². The van der Waals surface area contributed by atoms with Gasteiger partial charge < -0.3 is 16.4 Å². The van der Waals surface area contributed by atoms with E-state index in [1.165, 1.54) is 17.7 Å². The minimum atomic E-state index is -0.592. The van der Waals surface area contributed by atoms with Crippen LogP contribution in [0.15, 0.2) is 48.5 Å². The molecule has 5 N–H and O–H groups in total. The van der Waals surface area contributed by atoms with Crippen molar-refractivity contribution in [2.24, 2.45) is 5.73 Å². The molecule has 0 radical (unpaired) electrons. The average Bonchev–Trinajstić information content (AvgIpc) is 2.61. The van der Waals surface area contributed by atoms with Gasteiger partial charge >= 0.3 is 0 Å². The van der Waals surface area contributed by atoms with E-state index in [-0.39, 0.29) is 30.9 Å². The number of hydrogen-bond donors (Lipinski definition) is 3. The third-order valence-corrected chi connectivity index (χ3v) is 3.95. The summed E-state index contributed by atoms with van der Waals surface area (Å²) in [5.74, 6) is -1.21. The van der Waals surface area contributed by atoms with Crippen LogP contribution in [0, 0.1) is 5.82 Å². The molecule has 2 rings (SSSR count). The molecule has 0 bridgehead atoms. The third kappa shape index (κ3) is 5.69. The number of primary amides is 1. The summed E-state index contributed by atoms with van der Waals surface area (Å²) in [4.78, 5) is 22.6. The molecule has 0 fully saturated rings. The normalized spacial score (nSPS) is 11.8. The number of amides is 2. The summed E-state index contributed by atoms with van der Waals surface area (Å²) in [6.07, 6.45) is 0.935. The first-order valence-electron chi connectivity index (χ1n) is 8.22. The maximum Gasteiger partial charge on any atom is 0.275 e. The Hall–Kier alpha value is -2.73. The molecule has 2 aromatic rings. The third-order valence-electron chi connectivity index (χ3n) is 3.95. The lowest BCUT2D eigenvalue weighted by molar-refractivity contribution is -0.676. The van der Waals surface area contributed by atoms with E-state index in [1.807, 2.05) is 35.6 Å². The Labute approximate surface area is 146 Å². The van der Waals surface area contributed by atoms with Crippen LogP contribution >= 0.6 is 0 Å². The first-order chi connectivity index (χ1) is 12.0. The highest BCUT2D eigenvalue weighted by molar-refractivity contribution is 5.84. The molecule has 0 aliphatic carbocycles. The maximum absolute atomic E-state index is 13.6. The Bertz CT molecular complexity index is 732. The van der Waals surface area contributed by atoms with Crippen molar-refractivity contribution in [2.45, 2.75) is 19.4 Å². The molecule has 2 amide bonds. The average molecular weight is 344 g/mol. The molecule has 0 saturated carbocycles. The predicted octanol–water partition coefficient (Wildman–Crippen LogP) is 0.642. The highest BCUT2D eigenvalue weighted by Crippen LogP contribution is 2.20. The van der Waals surface area contributed by atoms with Crippen molar-refractivity contribution in [3.8, 4) is 0 Å². The van der Waals surface area contributed by atoms with Crippen molar-refractivity contribution in [1.29, 1.82) is 0 Å². The van der Waals surface area contributed by atoms with Crippen molar-refractivity contribution in [3.63, 3.8) is 0 Å². The van der Waals surface area contributed by atoms with E-state index in [9.17, 15) is 14.0 Å². The van der Waals surface area contributed by atoms with Gasteiger partial charge in [-0.25, -0.2) is 4.39 Å². The summed E-state index contributed by atoms with van der Waals surface area (Å²) < 4.78 is 13.6. The number of carbonyl (C=O) groups is 2. The Morgan fingerprint density at radius 3 is 2.48 bits per heavy atom. The van der Waals surface area contributed by atoms with Gasteiger partial charge in [0.25, 0.3) is 5.91 Å². The van der Waals surface area contributed by atoms with Gasteiger partial charge in [-0.15, -0.1) is 0 Å². The second kappa shape index (κ2) is 8.94. The van der Waals surface area contributed by atoms with Crippen molar-refractivity contribution in [2.75, 3.05) is 13.1 Å². The Morgan fingerprint density at radius 1 is 1.16 bits per heavy atom. The molecule has 0 aliphatic heterocycles. The first-order valence-corrected chi connectivity index (χ1v) is 8.22. The number of hydrogen-bond acceptors (Lipinski definition) is 2. The number of rotatable bonds is 8. The van der Waals surface area contributed by atoms with Gasteiger partial charge in [0, 0.05) is 11.1 Å². The molecule has 0 heterocycles. The predicted molar refractivity (Wildman–Crippen MR) is 93.1 cm³/mol. The molecule has 1 atom stereocenters. The minimum absolute atomic E-state index is 0.101. The summed E-state index contributed by atoms with van der Waals surface area (Å²) in [5, 5.41) is 4.26. The van der Waals surface area contributed by atoms with Crippen LogP contribution in [0.5, 0.6) is 0 Å². The smallest absolute Gasteiger partial charge is 0.275 e. The summed E-state index contributed by atoms with van der Waals surface area (Å²) in [7, 11) is 0. The van der Waals surface area contributed by atoms with Crippen LogP contribution in [0.4, 0.5) is 4.39 Å². The lowest BCUT2D eigenvalue weighted by Gasteiger charge is -2.17. The molecule has 0 aromatic heterocycles.